The Balaban J connectivity index is 1.93. The van der Waals surface area contributed by atoms with Crippen molar-refractivity contribution in [3.8, 4) is 0 Å². The molecule has 0 unspecified atom stereocenters. The number of rotatable bonds is 3. The minimum Gasteiger partial charge on any atom is -0.389 e. The Morgan fingerprint density at radius 3 is 2.83 bits per heavy atom. The van der Waals surface area contributed by atoms with Crippen molar-refractivity contribution in [2.75, 3.05) is 0 Å². The zero-order valence-electron chi connectivity index (χ0n) is 8.83. The Bertz CT molecular complexity index is 697. The number of benzene rings is 1. The third-order valence-electron chi connectivity index (χ3n) is 2.11. The summed E-state index contributed by atoms with van der Waals surface area (Å²) in [5.74, 6) is 0. The number of aliphatic hydroxyl groups excluding tert-OH is 1. The Kier molecular flexibility index (Phi) is 3.49. The first-order valence-electron chi connectivity index (χ1n) is 4.92. The molecular weight excluding hydrogens is 310 g/mol. The molecule has 0 aliphatic rings. The molecule has 4 nitrogen and oxygen atoms in total. The fourth-order valence-corrected chi connectivity index (χ4v) is 4.67. The number of thiazole rings is 1. The Hall–Kier alpha value is -0.730. The Labute approximate surface area is 120 Å². The predicted octanol–water partition coefficient (Wildman–Crippen LogP) is 3.44. The Morgan fingerprint density at radius 2 is 2.11 bits per heavy atom. The van der Waals surface area contributed by atoms with Gasteiger partial charge in [-0.1, -0.05) is 29.0 Å². The predicted molar refractivity (Wildman–Crippen MR) is 74.6 cm³/mol. The standard InChI is InChI=1S/C10H6ClN3OS3/c11-5-2-1-3-6-8(5)12-9(16-6)18-10-14-13-7(4-15)17-10/h1-3,15H,4H2. The topological polar surface area (TPSA) is 58.9 Å². The van der Waals surface area contributed by atoms with E-state index in [1.54, 1.807) is 11.3 Å². The molecule has 0 bridgehead atoms. The van der Waals surface area contributed by atoms with Crippen LogP contribution in [0.1, 0.15) is 5.01 Å². The van der Waals surface area contributed by atoms with E-state index in [1.807, 2.05) is 18.2 Å². The second kappa shape index (κ2) is 5.10. The molecule has 0 saturated heterocycles. The van der Waals surface area contributed by atoms with Gasteiger partial charge >= 0.3 is 0 Å². The van der Waals surface area contributed by atoms with Gasteiger partial charge in [0.1, 0.15) is 10.5 Å². The van der Waals surface area contributed by atoms with Crippen molar-refractivity contribution < 1.29 is 5.11 Å². The average Bonchev–Trinajstić information content (AvgIpc) is 2.96. The monoisotopic (exact) mass is 315 g/mol. The number of aromatic nitrogens is 3. The van der Waals surface area contributed by atoms with Crippen molar-refractivity contribution in [3.05, 3.63) is 28.2 Å². The maximum atomic E-state index is 8.94. The van der Waals surface area contributed by atoms with Crippen LogP contribution in [0.25, 0.3) is 10.2 Å². The van der Waals surface area contributed by atoms with Gasteiger partial charge in [0, 0.05) is 0 Å². The van der Waals surface area contributed by atoms with Gasteiger partial charge in [0.2, 0.25) is 0 Å². The van der Waals surface area contributed by atoms with Crippen LogP contribution in [-0.4, -0.2) is 20.3 Å². The van der Waals surface area contributed by atoms with Gasteiger partial charge in [0.15, 0.2) is 8.68 Å². The van der Waals surface area contributed by atoms with Gasteiger partial charge < -0.3 is 5.11 Å². The molecule has 0 aliphatic carbocycles. The fraction of sp³-hybridized carbons (Fsp3) is 0.100. The number of fused-ring (bicyclic) bond motifs is 1. The molecule has 92 valence electrons. The molecule has 0 fully saturated rings. The number of para-hydroxylation sites is 1. The minimum atomic E-state index is -0.0795. The quantitative estimate of drug-likeness (QED) is 0.802. The maximum Gasteiger partial charge on any atom is 0.181 e. The lowest BCUT2D eigenvalue weighted by atomic mass is 10.3. The fourth-order valence-electron chi connectivity index (χ4n) is 1.36. The third-order valence-corrected chi connectivity index (χ3v) is 5.45. The van der Waals surface area contributed by atoms with Crippen LogP contribution >= 0.6 is 46.0 Å². The lowest BCUT2D eigenvalue weighted by Gasteiger charge is -1.88. The van der Waals surface area contributed by atoms with E-state index in [0.717, 1.165) is 18.9 Å². The molecular formula is C10H6ClN3OS3. The highest BCUT2D eigenvalue weighted by Gasteiger charge is 2.11. The second-order valence-electron chi connectivity index (χ2n) is 3.29. The van der Waals surface area contributed by atoms with Gasteiger partial charge in [0.25, 0.3) is 0 Å². The highest BCUT2D eigenvalue weighted by molar-refractivity contribution is 8.02. The lowest BCUT2D eigenvalue weighted by molar-refractivity contribution is 0.280. The van der Waals surface area contributed by atoms with Crippen LogP contribution in [-0.2, 0) is 6.61 Å². The molecule has 1 aromatic carbocycles. The minimum absolute atomic E-state index is 0.0795. The molecule has 0 spiro atoms. The second-order valence-corrected chi connectivity index (χ2v) is 7.28. The van der Waals surface area contributed by atoms with Gasteiger partial charge in [-0.25, -0.2) is 4.98 Å². The highest BCUT2D eigenvalue weighted by Crippen LogP contribution is 2.37. The highest BCUT2D eigenvalue weighted by atomic mass is 35.5. The number of halogens is 1. The van der Waals surface area contributed by atoms with Crippen LogP contribution in [0.15, 0.2) is 26.9 Å². The summed E-state index contributed by atoms with van der Waals surface area (Å²) in [5, 5.41) is 18.0. The SMILES string of the molecule is OCc1nnc(Sc2nc3c(Cl)cccc3s2)s1. The summed E-state index contributed by atoms with van der Waals surface area (Å²) in [6.07, 6.45) is 0. The summed E-state index contributed by atoms with van der Waals surface area (Å²) in [6.45, 7) is -0.0795. The summed E-state index contributed by atoms with van der Waals surface area (Å²) in [5.41, 5.74) is 0.818. The molecule has 18 heavy (non-hydrogen) atoms. The van der Waals surface area contributed by atoms with Crippen molar-refractivity contribution in [1.82, 2.24) is 15.2 Å². The van der Waals surface area contributed by atoms with E-state index in [2.05, 4.69) is 15.2 Å². The zero-order valence-corrected chi connectivity index (χ0v) is 12.0. The number of aliphatic hydroxyl groups is 1. The summed E-state index contributed by atoms with van der Waals surface area (Å²) in [4.78, 5) is 4.47. The molecule has 0 radical (unpaired) electrons. The van der Waals surface area contributed by atoms with Gasteiger partial charge in [0.05, 0.1) is 16.3 Å². The number of nitrogens with zero attached hydrogens (tertiary/aromatic N) is 3. The van der Waals surface area contributed by atoms with E-state index in [9.17, 15) is 0 Å². The molecule has 0 atom stereocenters. The van der Waals surface area contributed by atoms with Crippen LogP contribution in [0.5, 0.6) is 0 Å². The van der Waals surface area contributed by atoms with Gasteiger partial charge in [-0.15, -0.1) is 21.5 Å². The third kappa shape index (κ3) is 2.36. The van der Waals surface area contributed by atoms with Crippen LogP contribution < -0.4 is 0 Å². The van der Waals surface area contributed by atoms with Crippen molar-refractivity contribution in [2.24, 2.45) is 0 Å². The van der Waals surface area contributed by atoms with Gasteiger partial charge in [-0.05, 0) is 23.9 Å². The summed E-state index contributed by atoms with van der Waals surface area (Å²) in [7, 11) is 0. The molecule has 3 aromatic rings. The van der Waals surface area contributed by atoms with Gasteiger partial charge in [-0.3, -0.25) is 0 Å². The average molecular weight is 316 g/mol. The maximum absolute atomic E-state index is 8.94. The number of hydrogen-bond donors (Lipinski definition) is 1. The largest absolute Gasteiger partial charge is 0.389 e. The van der Waals surface area contributed by atoms with Crippen molar-refractivity contribution in [3.63, 3.8) is 0 Å². The van der Waals surface area contributed by atoms with E-state index >= 15 is 0 Å². The van der Waals surface area contributed by atoms with Crippen LogP contribution in [0.3, 0.4) is 0 Å². The van der Waals surface area contributed by atoms with Crippen molar-refractivity contribution in [2.45, 2.75) is 15.3 Å². The molecule has 0 saturated carbocycles. The van der Waals surface area contributed by atoms with E-state index in [-0.39, 0.29) is 6.61 Å². The first-order chi connectivity index (χ1) is 8.76. The van der Waals surface area contributed by atoms with Crippen molar-refractivity contribution >= 4 is 56.3 Å². The molecule has 2 heterocycles. The molecule has 3 rings (SSSR count). The molecule has 8 heteroatoms. The smallest absolute Gasteiger partial charge is 0.181 e. The van der Waals surface area contributed by atoms with Crippen LogP contribution in [0.4, 0.5) is 0 Å². The Morgan fingerprint density at radius 1 is 1.22 bits per heavy atom. The van der Waals surface area contributed by atoms with E-state index in [1.165, 1.54) is 23.1 Å². The normalized spacial score (nSPS) is 11.2. The molecule has 2 aromatic heterocycles. The molecule has 1 N–H and O–H groups in total. The van der Waals surface area contributed by atoms with Crippen LogP contribution in [0.2, 0.25) is 5.02 Å². The van der Waals surface area contributed by atoms with Crippen LogP contribution in [0, 0.1) is 0 Å². The zero-order chi connectivity index (χ0) is 12.5. The summed E-state index contributed by atoms with van der Waals surface area (Å²) < 4.78 is 2.70. The first kappa shape index (κ1) is 12.3. The van der Waals surface area contributed by atoms with E-state index in [4.69, 9.17) is 16.7 Å². The molecule has 0 aliphatic heterocycles. The van der Waals surface area contributed by atoms with E-state index < -0.39 is 0 Å². The molecule has 0 amide bonds. The van der Waals surface area contributed by atoms with Gasteiger partial charge in [-0.2, -0.15) is 0 Å². The summed E-state index contributed by atoms with van der Waals surface area (Å²) >= 11 is 10.5. The lowest BCUT2D eigenvalue weighted by Crippen LogP contribution is -1.78. The van der Waals surface area contributed by atoms with Crippen molar-refractivity contribution in [1.29, 1.82) is 0 Å². The van der Waals surface area contributed by atoms with E-state index in [0.29, 0.717) is 10.0 Å². The first-order valence-corrected chi connectivity index (χ1v) is 7.75. The number of hydrogen-bond acceptors (Lipinski definition) is 7. The summed E-state index contributed by atoms with van der Waals surface area (Å²) in [6, 6.07) is 5.72.